The number of benzene rings is 1. The lowest BCUT2D eigenvalue weighted by molar-refractivity contribution is 0.151. The van der Waals surface area contributed by atoms with E-state index in [1.54, 1.807) is 6.20 Å². The minimum atomic E-state index is 0.327. The largest absolute Gasteiger partial charge is 0.339 e. The van der Waals surface area contributed by atoms with Crippen molar-refractivity contribution in [2.45, 2.75) is 31.7 Å². The van der Waals surface area contributed by atoms with Crippen molar-refractivity contribution in [1.82, 2.24) is 20.0 Å². The summed E-state index contributed by atoms with van der Waals surface area (Å²) in [6, 6.07) is 14.7. The van der Waals surface area contributed by atoms with Crippen LogP contribution in [0.2, 0.25) is 0 Å². The summed E-state index contributed by atoms with van der Waals surface area (Å²) in [5, 5.41) is 4.10. The van der Waals surface area contributed by atoms with Gasteiger partial charge in [-0.05, 0) is 62.7 Å². The molecule has 5 nitrogen and oxygen atoms in total. The van der Waals surface area contributed by atoms with Crippen molar-refractivity contribution in [2.24, 2.45) is 0 Å². The fraction of sp³-hybridized carbons (Fsp3) is 0.350. The standard InChI is InChI=1S/C20H21BrN4O/c1-14(15-5-7-17(21)8-6-15)25-12-9-16(10-13-25)20-23-19(24-26-20)18-4-2-3-11-22-18/h2-8,11,14,16H,9-10,12-13H2,1H3. The number of hydrogen-bond donors (Lipinski definition) is 0. The molecule has 4 rings (SSSR count). The lowest BCUT2D eigenvalue weighted by Crippen LogP contribution is -2.35. The average Bonchev–Trinajstić information content (AvgIpc) is 3.19. The van der Waals surface area contributed by atoms with E-state index >= 15 is 0 Å². The number of likely N-dealkylation sites (tertiary alicyclic amines) is 1. The number of rotatable bonds is 4. The van der Waals surface area contributed by atoms with Gasteiger partial charge in [-0.3, -0.25) is 9.88 Å². The third-order valence-corrected chi connectivity index (χ3v) is 5.64. The molecule has 0 N–H and O–H groups in total. The first-order valence-corrected chi connectivity index (χ1v) is 9.74. The van der Waals surface area contributed by atoms with E-state index in [-0.39, 0.29) is 0 Å². The molecule has 6 heteroatoms. The second-order valence-corrected chi connectivity index (χ2v) is 7.62. The van der Waals surface area contributed by atoms with Crippen molar-refractivity contribution in [2.75, 3.05) is 13.1 Å². The van der Waals surface area contributed by atoms with Gasteiger partial charge < -0.3 is 4.52 Å². The molecule has 3 aromatic rings. The van der Waals surface area contributed by atoms with Crippen molar-refractivity contribution < 1.29 is 4.52 Å². The van der Waals surface area contributed by atoms with Gasteiger partial charge in [0.05, 0.1) is 0 Å². The first-order valence-electron chi connectivity index (χ1n) is 8.95. The van der Waals surface area contributed by atoms with Crippen molar-refractivity contribution in [1.29, 1.82) is 0 Å². The molecule has 134 valence electrons. The van der Waals surface area contributed by atoms with Gasteiger partial charge in [0, 0.05) is 22.6 Å². The Hall–Kier alpha value is -2.05. The van der Waals surface area contributed by atoms with Gasteiger partial charge in [-0.2, -0.15) is 4.98 Å². The predicted octanol–water partition coefficient (Wildman–Crippen LogP) is 4.83. The Kier molecular flexibility index (Phi) is 5.13. The van der Waals surface area contributed by atoms with Crippen molar-refractivity contribution in [3.63, 3.8) is 0 Å². The Bertz CT molecular complexity index is 842. The molecule has 1 unspecified atom stereocenters. The topological polar surface area (TPSA) is 55.1 Å². The molecule has 26 heavy (non-hydrogen) atoms. The molecule has 0 aliphatic carbocycles. The van der Waals surface area contributed by atoms with Gasteiger partial charge in [-0.25, -0.2) is 0 Å². The molecule has 1 aliphatic rings. The summed E-state index contributed by atoms with van der Waals surface area (Å²) in [5.41, 5.74) is 2.10. The van der Waals surface area contributed by atoms with E-state index in [1.165, 1.54) is 5.56 Å². The Morgan fingerprint density at radius 3 is 2.58 bits per heavy atom. The van der Waals surface area contributed by atoms with Crippen LogP contribution in [0.5, 0.6) is 0 Å². The van der Waals surface area contributed by atoms with E-state index < -0.39 is 0 Å². The molecular formula is C20H21BrN4O. The third kappa shape index (κ3) is 3.71. The van der Waals surface area contributed by atoms with Gasteiger partial charge in [0.1, 0.15) is 5.69 Å². The summed E-state index contributed by atoms with van der Waals surface area (Å²) in [6.07, 6.45) is 3.81. The fourth-order valence-corrected chi connectivity index (χ4v) is 3.75. The number of nitrogens with zero attached hydrogens (tertiary/aromatic N) is 4. The van der Waals surface area contributed by atoms with Crippen LogP contribution < -0.4 is 0 Å². The SMILES string of the molecule is CC(c1ccc(Br)cc1)N1CCC(c2nc(-c3ccccn3)no2)CC1. The second-order valence-electron chi connectivity index (χ2n) is 6.71. The van der Waals surface area contributed by atoms with E-state index in [0.29, 0.717) is 17.8 Å². The minimum Gasteiger partial charge on any atom is -0.339 e. The number of pyridine rings is 1. The monoisotopic (exact) mass is 412 g/mol. The maximum absolute atomic E-state index is 5.53. The van der Waals surface area contributed by atoms with Crippen LogP contribution in [0.1, 0.15) is 43.2 Å². The van der Waals surface area contributed by atoms with E-state index in [2.05, 4.69) is 67.1 Å². The van der Waals surface area contributed by atoms with Crippen molar-refractivity contribution in [3.05, 3.63) is 64.6 Å². The highest BCUT2D eigenvalue weighted by molar-refractivity contribution is 9.10. The molecule has 1 atom stereocenters. The van der Waals surface area contributed by atoms with Gasteiger partial charge in [0.2, 0.25) is 11.7 Å². The van der Waals surface area contributed by atoms with Crippen LogP contribution in [-0.2, 0) is 0 Å². The van der Waals surface area contributed by atoms with Gasteiger partial charge in [0.25, 0.3) is 0 Å². The second kappa shape index (κ2) is 7.68. The summed E-state index contributed by atoms with van der Waals surface area (Å²) in [4.78, 5) is 11.4. The predicted molar refractivity (Wildman–Crippen MR) is 104 cm³/mol. The zero-order valence-electron chi connectivity index (χ0n) is 14.7. The molecule has 0 saturated carbocycles. The normalized spacial score (nSPS) is 17.3. The van der Waals surface area contributed by atoms with Gasteiger partial charge >= 0.3 is 0 Å². The van der Waals surface area contributed by atoms with Gasteiger partial charge in [0.15, 0.2) is 0 Å². The molecule has 1 fully saturated rings. The first-order chi connectivity index (χ1) is 12.7. The Labute approximate surface area is 161 Å². The molecule has 1 aromatic carbocycles. The molecular weight excluding hydrogens is 392 g/mol. The van der Waals surface area contributed by atoms with E-state index in [4.69, 9.17) is 4.52 Å². The van der Waals surface area contributed by atoms with Crippen LogP contribution >= 0.6 is 15.9 Å². The van der Waals surface area contributed by atoms with Crippen LogP contribution in [-0.4, -0.2) is 33.1 Å². The van der Waals surface area contributed by atoms with Crippen LogP contribution in [0.4, 0.5) is 0 Å². The van der Waals surface area contributed by atoms with Crippen LogP contribution in [0.15, 0.2) is 57.7 Å². The van der Waals surface area contributed by atoms with Gasteiger partial charge in [-0.1, -0.05) is 39.3 Å². The Balaban J connectivity index is 1.39. The zero-order chi connectivity index (χ0) is 17.9. The van der Waals surface area contributed by atoms with E-state index in [1.807, 2.05) is 18.2 Å². The van der Waals surface area contributed by atoms with Crippen molar-refractivity contribution >= 4 is 15.9 Å². The summed E-state index contributed by atoms with van der Waals surface area (Å²) in [6.45, 7) is 4.34. The molecule has 0 spiro atoms. The third-order valence-electron chi connectivity index (χ3n) is 5.11. The summed E-state index contributed by atoms with van der Waals surface area (Å²) >= 11 is 3.50. The molecule has 0 amide bonds. The fourth-order valence-electron chi connectivity index (χ4n) is 3.49. The van der Waals surface area contributed by atoms with Gasteiger partial charge in [-0.15, -0.1) is 0 Å². The van der Waals surface area contributed by atoms with E-state index in [9.17, 15) is 0 Å². The molecule has 1 aliphatic heterocycles. The molecule has 0 bridgehead atoms. The van der Waals surface area contributed by atoms with Crippen LogP contribution in [0, 0.1) is 0 Å². The maximum Gasteiger partial charge on any atom is 0.230 e. The number of hydrogen-bond acceptors (Lipinski definition) is 5. The molecule has 0 radical (unpaired) electrons. The number of piperidine rings is 1. The number of halogens is 1. The zero-order valence-corrected chi connectivity index (χ0v) is 16.3. The maximum atomic E-state index is 5.53. The number of aromatic nitrogens is 3. The lowest BCUT2D eigenvalue weighted by atomic mass is 9.94. The molecule has 1 saturated heterocycles. The highest BCUT2D eigenvalue weighted by atomic mass is 79.9. The molecule has 3 heterocycles. The summed E-state index contributed by atoms with van der Waals surface area (Å²) in [7, 11) is 0. The van der Waals surface area contributed by atoms with E-state index in [0.717, 1.165) is 42.0 Å². The lowest BCUT2D eigenvalue weighted by Gasteiger charge is -2.35. The van der Waals surface area contributed by atoms with Crippen LogP contribution in [0.25, 0.3) is 11.5 Å². The smallest absolute Gasteiger partial charge is 0.230 e. The highest BCUT2D eigenvalue weighted by Gasteiger charge is 2.28. The first kappa shape index (κ1) is 17.4. The van der Waals surface area contributed by atoms with Crippen LogP contribution in [0.3, 0.4) is 0 Å². The highest BCUT2D eigenvalue weighted by Crippen LogP contribution is 2.32. The Morgan fingerprint density at radius 1 is 1.12 bits per heavy atom. The summed E-state index contributed by atoms with van der Waals surface area (Å²) < 4.78 is 6.65. The summed E-state index contributed by atoms with van der Waals surface area (Å²) in [5.74, 6) is 1.64. The van der Waals surface area contributed by atoms with Crippen molar-refractivity contribution in [3.8, 4) is 11.5 Å². The Morgan fingerprint density at radius 2 is 1.88 bits per heavy atom. The quantitative estimate of drug-likeness (QED) is 0.613. The average molecular weight is 413 g/mol. The minimum absolute atomic E-state index is 0.327. The molecule has 2 aromatic heterocycles.